The lowest BCUT2D eigenvalue weighted by molar-refractivity contribution is 0.621. The lowest BCUT2D eigenvalue weighted by Crippen LogP contribution is -2.00. The van der Waals surface area contributed by atoms with E-state index in [9.17, 15) is 4.39 Å². The van der Waals surface area contributed by atoms with Gasteiger partial charge < -0.3 is 9.88 Å². The molecule has 0 saturated heterocycles. The van der Waals surface area contributed by atoms with Crippen molar-refractivity contribution >= 4 is 21.6 Å². The quantitative estimate of drug-likeness (QED) is 0.760. The van der Waals surface area contributed by atoms with Crippen LogP contribution in [0.3, 0.4) is 0 Å². The zero-order chi connectivity index (χ0) is 14.7. The van der Waals surface area contributed by atoms with Gasteiger partial charge in [-0.15, -0.1) is 0 Å². The zero-order valence-electron chi connectivity index (χ0n) is 11.1. The van der Waals surface area contributed by atoms with Crippen LogP contribution in [-0.4, -0.2) is 9.55 Å². The Balaban J connectivity index is 1.66. The molecule has 106 valence electrons. The Morgan fingerprint density at radius 1 is 1.14 bits per heavy atom. The molecule has 2 aromatic carbocycles. The van der Waals surface area contributed by atoms with Gasteiger partial charge in [-0.1, -0.05) is 12.1 Å². The van der Waals surface area contributed by atoms with Crippen molar-refractivity contribution < 1.29 is 4.39 Å². The highest BCUT2D eigenvalue weighted by molar-refractivity contribution is 9.10. The van der Waals surface area contributed by atoms with Crippen molar-refractivity contribution in [3.63, 3.8) is 0 Å². The maximum atomic E-state index is 13.4. The number of rotatable bonds is 4. The monoisotopic (exact) mass is 345 g/mol. The van der Waals surface area contributed by atoms with E-state index in [2.05, 4.69) is 26.2 Å². The van der Waals surface area contributed by atoms with Crippen molar-refractivity contribution in [1.82, 2.24) is 9.55 Å². The third-order valence-corrected chi connectivity index (χ3v) is 3.80. The maximum Gasteiger partial charge on any atom is 0.139 e. The fourth-order valence-corrected chi connectivity index (χ4v) is 2.25. The highest BCUT2D eigenvalue weighted by Crippen LogP contribution is 2.20. The Hall–Kier alpha value is -2.14. The van der Waals surface area contributed by atoms with Crippen LogP contribution in [0.15, 0.2) is 65.7 Å². The number of imidazole rings is 1. The van der Waals surface area contributed by atoms with Gasteiger partial charge in [-0.3, -0.25) is 0 Å². The van der Waals surface area contributed by atoms with Gasteiger partial charge in [0.25, 0.3) is 0 Å². The van der Waals surface area contributed by atoms with Crippen molar-refractivity contribution in [2.75, 3.05) is 5.32 Å². The first-order valence-electron chi connectivity index (χ1n) is 6.48. The van der Waals surface area contributed by atoms with E-state index in [0.717, 1.165) is 16.9 Å². The Bertz CT molecular complexity index is 724. The van der Waals surface area contributed by atoms with Gasteiger partial charge in [0.2, 0.25) is 0 Å². The Morgan fingerprint density at radius 3 is 2.62 bits per heavy atom. The number of aromatic nitrogens is 2. The van der Waals surface area contributed by atoms with Crippen LogP contribution in [0.2, 0.25) is 0 Å². The molecule has 0 fully saturated rings. The van der Waals surface area contributed by atoms with Gasteiger partial charge in [0.15, 0.2) is 0 Å². The van der Waals surface area contributed by atoms with Gasteiger partial charge in [0.1, 0.15) is 5.82 Å². The number of benzene rings is 2. The number of hydrogen-bond acceptors (Lipinski definition) is 2. The molecule has 5 heteroatoms. The molecule has 0 atom stereocenters. The van der Waals surface area contributed by atoms with E-state index in [1.807, 2.05) is 41.1 Å². The largest absolute Gasteiger partial charge is 0.381 e. The van der Waals surface area contributed by atoms with Crippen molar-refractivity contribution in [2.45, 2.75) is 6.54 Å². The summed E-state index contributed by atoms with van der Waals surface area (Å²) < 4.78 is 15.8. The molecule has 3 aromatic rings. The molecule has 1 heterocycles. The predicted octanol–water partition coefficient (Wildman–Crippen LogP) is 4.39. The molecule has 0 spiro atoms. The number of nitrogens with zero attached hydrogens (tertiary/aromatic N) is 2. The van der Waals surface area contributed by atoms with E-state index in [1.54, 1.807) is 18.6 Å². The van der Waals surface area contributed by atoms with E-state index in [4.69, 9.17) is 0 Å². The summed E-state index contributed by atoms with van der Waals surface area (Å²) in [7, 11) is 0. The van der Waals surface area contributed by atoms with Crippen molar-refractivity contribution in [1.29, 1.82) is 0 Å². The van der Waals surface area contributed by atoms with Crippen molar-refractivity contribution in [3.05, 3.63) is 77.0 Å². The lowest BCUT2D eigenvalue weighted by atomic mass is 10.2. The summed E-state index contributed by atoms with van der Waals surface area (Å²) in [5.74, 6) is -0.268. The van der Waals surface area contributed by atoms with Crippen LogP contribution < -0.4 is 5.32 Å². The normalized spacial score (nSPS) is 10.6. The third-order valence-electron chi connectivity index (χ3n) is 3.16. The first-order chi connectivity index (χ1) is 10.2. The predicted molar refractivity (Wildman–Crippen MR) is 85.0 cm³/mol. The summed E-state index contributed by atoms with van der Waals surface area (Å²) in [5, 5.41) is 3.20. The molecular formula is C16H13BrFN3. The topological polar surface area (TPSA) is 29.9 Å². The molecule has 1 aromatic heterocycles. The molecule has 0 amide bonds. The molecule has 0 radical (unpaired) electrons. The second-order valence-electron chi connectivity index (χ2n) is 4.62. The van der Waals surface area contributed by atoms with Gasteiger partial charge in [-0.2, -0.15) is 0 Å². The molecule has 0 saturated carbocycles. The molecule has 0 unspecified atom stereocenters. The Kier molecular flexibility index (Phi) is 4.01. The number of halogens is 2. The summed E-state index contributed by atoms with van der Waals surface area (Å²) in [4.78, 5) is 4.02. The standard InChI is InChI=1S/C16H13BrFN3/c17-15-6-3-13(9-16(15)18)20-10-12-1-4-14(5-2-12)21-8-7-19-11-21/h1-9,11,20H,10H2. The molecular weight excluding hydrogens is 333 g/mol. The third kappa shape index (κ3) is 3.31. The van der Waals surface area contributed by atoms with Gasteiger partial charge in [0.05, 0.1) is 10.8 Å². The highest BCUT2D eigenvalue weighted by atomic mass is 79.9. The number of nitrogens with one attached hydrogen (secondary N) is 1. The van der Waals surface area contributed by atoms with E-state index < -0.39 is 0 Å². The summed E-state index contributed by atoms with van der Waals surface area (Å²) in [6, 6.07) is 13.1. The average molecular weight is 346 g/mol. The minimum atomic E-state index is -0.268. The van der Waals surface area contributed by atoms with Crippen molar-refractivity contribution in [3.8, 4) is 5.69 Å². The first-order valence-corrected chi connectivity index (χ1v) is 7.28. The fraction of sp³-hybridized carbons (Fsp3) is 0.0625. The molecule has 3 nitrogen and oxygen atoms in total. The van der Waals surface area contributed by atoms with E-state index >= 15 is 0 Å². The van der Waals surface area contributed by atoms with Gasteiger partial charge in [-0.05, 0) is 51.8 Å². The Labute approximate surface area is 130 Å². The number of anilines is 1. The first kappa shape index (κ1) is 13.8. The fourth-order valence-electron chi connectivity index (χ4n) is 2.01. The zero-order valence-corrected chi connectivity index (χ0v) is 12.7. The second kappa shape index (κ2) is 6.10. The molecule has 0 aliphatic heterocycles. The van der Waals surface area contributed by atoms with Crippen LogP contribution in [0.5, 0.6) is 0 Å². The molecule has 1 N–H and O–H groups in total. The molecule has 0 aliphatic rings. The van der Waals surface area contributed by atoms with Crippen LogP contribution in [-0.2, 0) is 6.54 Å². The minimum Gasteiger partial charge on any atom is -0.381 e. The number of hydrogen-bond donors (Lipinski definition) is 1. The summed E-state index contributed by atoms with van der Waals surface area (Å²) >= 11 is 3.14. The van der Waals surface area contributed by atoms with Crippen LogP contribution in [0.25, 0.3) is 5.69 Å². The van der Waals surface area contributed by atoms with Gasteiger partial charge >= 0.3 is 0 Å². The maximum absolute atomic E-state index is 13.4. The van der Waals surface area contributed by atoms with Gasteiger partial charge in [0, 0.05) is 30.3 Å². The summed E-state index contributed by atoms with van der Waals surface area (Å²) in [6.07, 6.45) is 5.41. The van der Waals surface area contributed by atoms with Crippen molar-refractivity contribution in [2.24, 2.45) is 0 Å². The lowest BCUT2D eigenvalue weighted by Gasteiger charge is -2.08. The van der Waals surface area contributed by atoms with Gasteiger partial charge in [-0.25, -0.2) is 9.37 Å². The van der Waals surface area contributed by atoms with Crippen LogP contribution in [0.1, 0.15) is 5.56 Å². The van der Waals surface area contributed by atoms with Crippen LogP contribution in [0, 0.1) is 5.82 Å². The molecule has 21 heavy (non-hydrogen) atoms. The van der Waals surface area contributed by atoms with Crippen LogP contribution >= 0.6 is 15.9 Å². The minimum absolute atomic E-state index is 0.268. The SMILES string of the molecule is Fc1cc(NCc2ccc(-n3ccnc3)cc2)ccc1Br. The van der Waals surface area contributed by atoms with E-state index in [0.29, 0.717) is 11.0 Å². The summed E-state index contributed by atoms with van der Waals surface area (Å²) in [5.41, 5.74) is 2.95. The van der Waals surface area contributed by atoms with E-state index in [1.165, 1.54) is 6.07 Å². The smallest absolute Gasteiger partial charge is 0.139 e. The molecule has 3 rings (SSSR count). The second-order valence-corrected chi connectivity index (χ2v) is 5.47. The Morgan fingerprint density at radius 2 is 1.95 bits per heavy atom. The highest BCUT2D eigenvalue weighted by Gasteiger charge is 2.01. The van der Waals surface area contributed by atoms with Crippen LogP contribution in [0.4, 0.5) is 10.1 Å². The molecule has 0 bridgehead atoms. The molecule has 0 aliphatic carbocycles. The summed E-state index contributed by atoms with van der Waals surface area (Å²) in [6.45, 7) is 0.644. The van der Waals surface area contributed by atoms with E-state index in [-0.39, 0.29) is 5.82 Å². The average Bonchev–Trinajstić information content (AvgIpc) is 3.03.